The Labute approximate surface area is 164 Å². The van der Waals surface area contributed by atoms with Crippen molar-refractivity contribution in [3.63, 3.8) is 0 Å². The van der Waals surface area contributed by atoms with Crippen molar-refractivity contribution in [2.75, 3.05) is 13.7 Å². The quantitative estimate of drug-likeness (QED) is 0.687. The molecule has 1 aliphatic rings. The lowest BCUT2D eigenvalue weighted by molar-refractivity contribution is -0.123. The molecule has 3 aromatic rings. The van der Waals surface area contributed by atoms with E-state index in [4.69, 9.17) is 14.6 Å². The van der Waals surface area contributed by atoms with E-state index in [2.05, 4.69) is 17.4 Å². The number of carbonyl (C=O) groups excluding carboxylic acids is 1. The number of methoxy groups -OCH3 is 1. The number of rotatable bonds is 7. The smallest absolute Gasteiger partial charge is 0.258 e. The Morgan fingerprint density at radius 1 is 1.07 bits per heavy atom. The van der Waals surface area contributed by atoms with Crippen molar-refractivity contribution in [2.24, 2.45) is 0 Å². The minimum atomic E-state index is -0.170. The number of fused-ring (bicyclic) bond motifs is 1. The van der Waals surface area contributed by atoms with Crippen molar-refractivity contribution >= 4 is 5.91 Å². The van der Waals surface area contributed by atoms with Gasteiger partial charge in [-0.05, 0) is 61.2 Å². The molecule has 2 aromatic carbocycles. The highest BCUT2D eigenvalue weighted by Crippen LogP contribution is 2.27. The molecule has 0 bridgehead atoms. The molecular weight excluding hydrogens is 354 g/mol. The molecule has 6 nitrogen and oxygen atoms in total. The molecule has 0 radical (unpaired) electrons. The zero-order valence-corrected chi connectivity index (χ0v) is 15.9. The first kappa shape index (κ1) is 18.1. The summed E-state index contributed by atoms with van der Waals surface area (Å²) in [7, 11) is 1.61. The van der Waals surface area contributed by atoms with Crippen LogP contribution < -0.4 is 14.8 Å². The number of nitrogens with one attached hydrogen (secondary N) is 1. The van der Waals surface area contributed by atoms with Gasteiger partial charge in [0.2, 0.25) is 0 Å². The van der Waals surface area contributed by atoms with E-state index in [1.54, 1.807) is 31.4 Å². The van der Waals surface area contributed by atoms with Crippen molar-refractivity contribution in [3.8, 4) is 17.2 Å². The van der Waals surface area contributed by atoms with Crippen molar-refractivity contribution in [3.05, 3.63) is 71.5 Å². The van der Waals surface area contributed by atoms with Gasteiger partial charge in [-0.25, -0.2) is 4.68 Å². The van der Waals surface area contributed by atoms with Crippen LogP contribution in [-0.4, -0.2) is 29.4 Å². The van der Waals surface area contributed by atoms with Crippen molar-refractivity contribution in [1.29, 1.82) is 0 Å². The molecule has 0 atom stereocenters. The zero-order chi connectivity index (χ0) is 19.3. The van der Waals surface area contributed by atoms with Gasteiger partial charge in [-0.2, -0.15) is 5.10 Å². The Morgan fingerprint density at radius 2 is 1.82 bits per heavy atom. The van der Waals surface area contributed by atoms with Gasteiger partial charge in [0.05, 0.1) is 25.0 Å². The van der Waals surface area contributed by atoms with E-state index in [1.165, 1.54) is 11.3 Å². The molecule has 0 saturated carbocycles. The number of hydrogen-bond donors (Lipinski definition) is 1. The lowest BCUT2D eigenvalue weighted by Crippen LogP contribution is -2.28. The summed E-state index contributed by atoms with van der Waals surface area (Å²) in [4.78, 5) is 12.2. The molecule has 1 aliphatic carbocycles. The Hall–Kier alpha value is -3.28. The van der Waals surface area contributed by atoms with Gasteiger partial charge in [0, 0.05) is 5.69 Å². The molecular formula is C22H23N3O3. The van der Waals surface area contributed by atoms with E-state index < -0.39 is 0 Å². The van der Waals surface area contributed by atoms with Gasteiger partial charge in [0.15, 0.2) is 6.61 Å². The average Bonchev–Trinajstić information content (AvgIpc) is 3.35. The van der Waals surface area contributed by atoms with Gasteiger partial charge in [-0.15, -0.1) is 0 Å². The van der Waals surface area contributed by atoms with Crippen LogP contribution in [-0.2, 0) is 24.2 Å². The summed E-state index contributed by atoms with van der Waals surface area (Å²) in [6, 6.07) is 17.3. The van der Waals surface area contributed by atoms with Crippen LogP contribution in [0.3, 0.4) is 0 Å². The molecule has 0 saturated heterocycles. The number of carbonyl (C=O) groups is 1. The largest absolute Gasteiger partial charge is 0.497 e. The van der Waals surface area contributed by atoms with E-state index >= 15 is 0 Å². The maximum absolute atomic E-state index is 12.2. The van der Waals surface area contributed by atoms with Gasteiger partial charge in [-0.1, -0.05) is 18.2 Å². The number of hydrogen-bond acceptors (Lipinski definition) is 4. The molecule has 144 valence electrons. The summed E-state index contributed by atoms with van der Waals surface area (Å²) in [5.41, 5.74) is 4.51. The van der Waals surface area contributed by atoms with Crippen molar-refractivity contribution < 1.29 is 14.3 Å². The zero-order valence-electron chi connectivity index (χ0n) is 15.9. The highest BCUT2D eigenvalue weighted by molar-refractivity contribution is 5.77. The number of aromatic nitrogens is 2. The Bertz CT molecular complexity index is 949. The van der Waals surface area contributed by atoms with E-state index in [9.17, 15) is 4.79 Å². The van der Waals surface area contributed by atoms with Gasteiger partial charge in [0.25, 0.3) is 5.91 Å². The second-order valence-corrected chi connectivity index (χ2v) is 6.71. The standard InChI is InChI=1S/C22H23N3O3/c1-27-17-10-12-18(13-11-17)28-15-22(26)23-14-20-19-8-5-9-21(19)25(24-20)16-6-3-2-4-7-16/h2-4,6-7,10-13H,5,8-9,14-15H2,1H3,(H,23,26). The predicted molar refractivity (Wildman–Crippen MR) is 106 cm³/mol. The molecule has 4 rings (SSSR count). The Kier molecular flexibility index (Phi) is 5.28. The summed E-state index contributed by atoms with van der Waals surface area (Å²) in [6.45, 7) is 0.376. The van der Waals surface area contributed by atoms with Crippen molar-refractivity contribution in [2.45, 2.75) is 25.8 Å². The second-order valence-electron chi connectivity index (χ2n) is 6.71. The number of amides is 1. The van der Waals surface area contributed by atoms with Crippen LogP contribution in [0.5, 0.6) is 11.5 Å². The van der Waals surface area contributed by atoms with Crippen LogP contribution in [0.25, 0.3) is 5.69 Å². The molecule has 1 N–H and O–H groups in total. The SMILES string of the molecule is COc1ccc(OCC(=O)NCc2nn(-c3ccccc3)c3c2CCC3)cc1. The highest BCUT2D eigenvalue weighted by Gasteiger charge is 2.23. The van der Waals surface area contributed by atoms with E-state index in [-0.39, 0.29) is 12.5 Å². The van der Waals surface area contributed by atoms with E-state index in [0.29, 0.717) is 12.3 Å². The van der Waals surface area contributed by atoms with Crippen LogP contribution in [0.15, 0.2) is 54.6 Å². The minimum absolute atomic E-state index is 0.0338. The van der Waals surface area contributed by atoms with E-state index in [0.717, 1.165) is 36.4 Å². The number of para-hydroxylation sites is 1. The highest BCUT2D eigenvalue weighted by atomic mass is 16.5. The third-order valence-electron chi connectivity index (χ3n) is 4.90. The van der Waals surface area contributed by atoms with Gasteiger partial charge < -0.3 is 14.8 Å². The minimum Gasteiger partial charge on any atom is -0.497 e. The molecule has 6 heteroatoms. The maximum Gasteiger partial charge on any atom is 0.258 e. The summed E-state index contributed by atoms with van der Waals surface area (Å²) < 4.78 is 12.7. The molecule has 1 amide bonds. The third-order valence-corrected chi connectivity index (χ3v) is 4.90. The average molecular weight is 377 g/mol. The monoisotopic (exact) mass is 377 g/mol. The lowest BCUT2D eigenvalue weighted by atomic mass is 10.2. The van der Waals surface area contributed by atoms with Gasteiger partial charge in [-0.3, -0.25) is 4.79 Å². The fourth-order valence-corrected chi connectivity index (χ4v) is 3.49. The van der Waals surface area contributed by atoms with Crippen LogP contribution in [0, 0.1) is 0 Å². The topological polar surface area (TPSA) is 65.4 Å². The molecule has 1 aromatic heterocycles. The Balaban J connectivity index is 1.37. The number of benzene rings is 2. The summed E-state index contributed by atoms with van der Waals surface area (Å²) in [6.07, 6.45) is 3.16. The molecule has 0 unspecified atom stereocenters. The first-order chi connectivity index (χ1) is 13.7. The summed E-state index contributed by atoms with van der Waals surface area (Å²) in [5, 5.41) is 7.68. The second kappa shape index (κ2) is 8.17. The summed E-state index contributed by atoms with van der Waals surface area (Å²) >= 11 is 0. The van der Waals surface area contributed by atoms with Crippen LogP contribution in [0.2, 0.25) is 0 Å². The molecule has 28 heavy (non-hydrogen) atoms. The summed E-state index contributed by atoms with van der Waals surface area (Å²) in [5.74, 6) is 1.21. The van der Waals surface area contributed by atoms with Gasteiger partial charge in [0.1, 0.15) is 11.5 Å². The lowest BCUT2D eigenvalue weighted by Gasteiger charge is -2.08. The molecule has 0 spiro atoms. The first-order valence-corrected chi connectivity index (χ1v) is 9.43. The third kappa shape index (κ3) is 3.86. The van der Waals surface area contributed by atoms with Crippen LogP contribution >= 0.6 is 0 Å². The predicted octanol–water partition coefficient (Wildman–Crippen LogP) is 3.06. The molecule has 0 fully saturated rings. The van der Waals surface area contributed by atoms with Gasteiger partial charge >= 0.3 is 0 Å². The van der Waals surface area contributed by atoms with Crippen molar-refractivity contribution in [1.82, 2.24) is 15.1 Å². The maximum atomic E-state index is 12.2. The Morgan fingerprint density at radius 3 is 2.57 bits per heavy atom. The normalized spacial score (nSPS) is 12.5. The fourth-order valence-electron chi connectivity index (χ4n) is 3.49. The van der Waals surface area contributed by atoms with E-state index in [1.807, 2.05) is 22.9 Å². The first-order valence-electron chi connectivity index (χ1n) is 9.43. The molecule has 0 aliphatic heterocycles. The fraction of sp³-hybridized carbons (Fsp3) is 0.273. The number of ether oxygens (including phenoxy) is 2. The van der Waals surface area contributed by atoms with Crippen LogP contribution in [0.1, 0.15) is 23.4 Å². The van der Waals surface area contributed by atoms with Crippen LogP contribution in [0.4, 0.5) is 0 Å². The number of nitrogens with zero attached hydrogens (tertiary/aromatic N) is 2. The molecule has 1 heterocycles.